The molecule has 5 unspecified atom stereocenters. The number of Topliss-reactive ketones (excluding diaryl/α,β-unsaturated/α-hetero) is 1. The number of rotatable bonds is 1. The highest BCUT2D eigenvalue weighted by Crippen LogP contribution is 2.51. The molecule has 6 nitrogen and oxygen atoms in total. The van der Waals surface area contributed by atoms with E-state index >= 15 is 0 Å². The highest BCUT2D eigenvalue weighted by Gasteiger charge is 2.70. The lowest BCUT2D eigenvalue weighted by molar-refractivity contribution is -0.155. The van der Waals surface area contributed by atoms with Crippen LogP contribution in [0, 0.1) is 17.3 Å². The fourth-order valence-electron chi connectivity index (χ4n) is 4.27. The number of fused-ring (bicyclic) bond motifs is 1. The van der Waals surface area contributed by atoms with Gasteiger partial charge in [-0.1, -0.05) is 40.5 Å². The van der Waals surface area contributed by atoms with Crippen molar-refractivity contribution < 1.29 is 29.3 Å². The lowest BCUT2D eigenvalue weighted by atomic mass is 9.74. The summed E-state index contributed by atoms with van der Waals surface area (Å²) < 4.78 is 10.6. The third-order valence-electron chi connectivity index (χ3n) is 6.47. The lowest BCUT2D eigenvalue weighted by Crippen LogP contribution is -2.40. The summed E-state index contributed by atoms with van der Waals surface area (Å²) in [5, 5.41) is 20.8. The summed E-state index contributed by atoms with van der Waals surface area (Å²) in [5.41, 5.74) is -1.41. The highest BCUT2D eigenvalue weighted by atomic mass is 16.8. The number of hydrogen-bond donors (Lipinski definition) is 2. The second kappa shape index (κ2) is 8.18. The largest absolute Gasteiger partial charge is 0.463 e. The molecule has 2 aliphatic heterocycles. The van der Waals surface area contributed by atoms with Crippen LogP contribution in [0.3, 0.4) is 0 Å². The average molecular weight is 385 g/mol. The minimum atomic E-state index is -1.66. The maximum absolute atomic E-state index is 13.0. The maximum Gasteiger partial charge on any atom is 0.305 e. The minimum absolute atomic E-state index is 0.00885. The fourth-order valence-corrected chi connectivity index (χ4v) is 4.27. The Morgan fingerprint density at radius 1 is 1.19 bits per heavy atom. The maximum atomic E-state index is 13.0. The molecule has 156 valence electrons. The molecule has 2 heterocycles. The van der Waals surface area contributed by atoms with Gasteiger partial charge in [0.2, 0.25) is 5.79 Å². The van der Waals surface area contributed by atoms with E-state index in [1.54, 1.807) is 6.92 Å². The van der Waals surface area contributed by atoms with Crippen LogP contribution in [0.4, 0.5) is 0 Å². The molecule has 0 spiro atoms. The van der Waals surface area contributed by atoms with Crippen molar-refractivity contribution in [2.45, 2.75) is 97.1 Å². The molecule has 2 N–H and O–H groups in total. The number of hydrogen-bond acceptors (Lipinski definition) is 6. The summed E-state index contributed by atoms with van der Waals surface area (Å²) in [6.45, 7) is 9.43. The normalized spacial score (nSPS) is 41.5. The van der Waals surface area contributed by atoms with Gasteiger partial charge in [0.25, 0.3) is 0 Å². The molecule has 0 aromatic heterocycles. The Morgan fingerprint density at radius 2 is 1.85 bits per heavy atom. The van der Waals surface area contributed by atoms with Crippen LogP contribution >= 0.6 is 0 Å². The van der Waals surface area contributed by atoms with Crippen molar-refractivity contribution in [3.63, 3.8) is 0 Å². The number of aliphatic hydroxyl groups excluding tert-OH is 1. The third-order valence-corrected chi connectivity index (χ3v) is 6.47. The standard InChI is InChI=1S/C21H36O6/c1-6-15-12-14(2)8-7-10-20(5)21(25,27-20)16(22)13-26-17(23)9-11-19(3,4)18(15)24/h14-16,22,25H,6-13H2,1-5H3. The molecular formula is C21H36O6. The number of carbonyl (C=O) groups is 2. The van der Waals surface area contributed by atoms with Crippen molar-refractivity contribution in [1.82, 2.24) is 0 Å². The van der Waals surface area contributed by atoms with E-state index in [4.69, 9.17) is 9.47 Å². The number of ketones is 1. The SMILES string of the molecule is CCC1CC(C)CCCC2(C)OC2(O)C(O)COC(=O)CCC(C)(C)C1=O. The van der Waals surface area contributed by atoms with E-state index in [-0.39, 0.29) is 24.7 Å². The van der Waals surface area contributed by atoms with Crippen LogP contribution in [-0.4, -0.2) is 46.1 Å². The highest BCUT2D eigenvalue weighted by molar-refractivity contribution is 5.86. The summed E-state index contributed by atoms with van der Waals surface area (Å²) in [7, 11) is 0. The van der Waals surface area contributed by atoms with Crippen LogP contribution in [0.1, 0.15) is 79.6 Å². The van der Waals surface area contributed by atoms with Crippen LogP contribution in [0.2, 0.25) is 0 Å². The molecule has 0 bridgehead atoms. The molecule has 0 saturated carbocycles. The monoisotopic (exact) mass is 384 g/mol. The van der Waals surface area contributed by atoms with Crippen molar-refractivity contribution in [1.29, 1.82) is 0 Å². The number of cyclic esters (lactones) is 1. The van der Waals surface area contributed by atoms with Gasteiger partial charge in [-0.15, -0.1) is 0 Å². The van der Waals surface area contributed by atoms with Crippen LogP contribution in [0.15, 0.2) is 0 Å². The molecule has 0 radical (unpaired) electrons. The summed E-state index contributed by atoms with van der Waals surface area (Å²) >= 11 is 0. The van der Waals surface area contributed by atoms with Crippen LogP contribution in [-0.2, 0) is 19.1 Å². The van der Waals surface area contributed by atoms with E-state index in [9.17, 15) is 19.8 Å². The summed E-state index contributed by atoms with van der Waals surface area (Å²) in [6.07, 6.45) is 3.23. The Labute approximate surface area is 162 Å². The molecule has 5 atom stereocenters. The molecule has 0 aromatic carbocycles. The van der Waals surface area contributed by atoms with Gasteiger partial charge < -0.3 is 19.7 Å². The molecule has 2 rings (SSSR count). The first-order chi connectivity index (χ1) is 12.4. The molecule has 2 saturated heterocycles. The molecule has 27 heavy (non-hydrogen) atoms. The van der Waals surface area contributed by atoms with Crippen molar-refractivity contribution in [2.24, 2.45) is 17.3 Å². The number of ether oxygens (including phenoxy) is 2. The van der Waals surface area contributed by atoms with Crippen LogP contribution in [0.5, 0.6) is 0 Å². The molecule has 2 fully saturated rings. The second-order valence-electron chi connectivity index (χ2n) is 9.31. The zero-order chi connectivity index (χ0) is 20.5. The summed E-state index contributed by atoms with van der Waals surface area (Å²) in [6, 6.07) is 0. The van der Waals surface area contributed by atoms with Gasteiger partial charge in [0.15, 0.2) is 0 Å². The van der Waals surface area contributed by atoms with Crippen molar-refractivity contribution in [3.05, 3.63) is 0 Å². The predicted molar refractivity (Wildman–Crippen MR) is 101 cm³/mol. The molecule has 0 aromatic rings. The summed E-state index contributed by atoms with van der Waals surface area (Å²) in [5.74, 6) is -1.55. The van der Waals surface area contributed by atoms with E-state index in [0.717, 1.165) is 25.7 Å². The first-order valence-corrected chi connectivity index (χ1v) is 10.3. The first-order valence-electron chi connectivity index (χ1n) is 10.3. The Balaban J connectivity index is 2.13. The van der Waals surface area contributed by atoms with E-state index in [1.807, 2.05) is 20.8 Å². The Kier molecular flexibility index (Phi) is 6.76. The van der Waals surface area contributed by atoms with Crippen molar-refractivity contribution in [2.75, 3.05) is 6.61 Å². The zero-order valence-corrected chi connectivity index (χ0v) is 17.4. The van der Waals surface area contributed by atoms with E-state index in [0.29, 0.717) is 18.8 Å². The van der Waals surface area contributed by atoms with Gasteiger partial charge in [-0.3, -0.25) is 9.59 Å². The number of esters is 1. The van der Waals surface area contributed by atoms with Gasteiger partial charge in [0.1, 0.15) is 24.1 Å². The number of carbonyl (C=O) groups excluding carboxylic acids is 2. The van der Waals surface area contributed by atoms with Crippen LogP contribution in [0.25, 0.3) is 0 Å². The lowest BCUT2D eigenvalue weighted by Gasteiger charge is -2.29. The predicted octanol–water partition coefficient (Wildman–Crippen LogP) is 2.98. The topological polar surface area (TPSA) is 96.4 Å². The molecule has 2 aliphatic rings. The van der Waals surface area contributed by atoms with Gasteiger partial charge >= 0.3 is 5.97 Å². The minimum Gasteiger partial charge on any atom is -0.463 e. The quantitative estimate of drug-likeness (QED) is 0.533. The molecule has 6 heteroatoms. The Bertz CT molecular complexity index is 559. The molecule has 0 aliphatic carbocycles. The van der Waals surface area contributed by atoms with Crippen molar-refractivity contribution >= 4 is 11.8 Å². The van der Waals surface area contributed by atoms with E-state index < -0.39 is 28.9 Å². The number of aliphatic hydroxyl groups is 2. The second-order valence-corrected chi connectivity index (χ2v) is 9.31. The Morgan fingerprint density at radius 3 is 2.48 bits per heavy atom. The average Bonchev–Trinajstić information content (AvgIpc) is 3.16. The smallest absolute Gasteiger partial charge is 0.305 e. The zero-order valence-electron chi connectivity index (χ0n) is 17.4. The fraction of sp³-hybridized carbons (Fsp3) is 0.905. The molecular weight excluding hydrogens is 348 g/mol. The molecule has 0 amide bonds. The van der Waals surface area contributed by atoms with Gasteiger partial charge in [0.05, 0.1) is 0 Å². The third kappa shape index (κ3) is 4.90. The first kappa shape index (κ1) is 22.3. The summed E-state index contributed by atoms with van der Waals surface area (Å²) in [4.78, 5) is 25.1. The van der Waals surface area contributed by atoms with Crippen molar-refractivity contribution in [3.8, 4) is 0 Å². The van der Waals surface area contributed by atoms with Crippen LogP contribution < -0.4 is 0 Å². The number of epoxide rings is 1. The van der Waals surface area contributed by atoms with Gasteiger partial charge in [-0.25, -0.2) is 0 Å². The van der Waals surface area contributed by atoms with Gasteiger partial charge in [-0.05, 0) is 38.5 Å². The van der Waals surface area contributed by atoms with E-state index in [1.165, 1.54) is 0 Å². The Hall–Kier alpha value is -0.980. The van der Waals surface area contributed by atoms with Gasteiger partial charge in [0, 0.05) is 17.8 Å². The van der Waals surface area contributed by atoms with Gasteiger partial charge in [-0.2, -0.15) is 0 Å². The van der Waals surface area contributed by atoms with E-state index in [2.05, 4.69) is 6.92 Å².